The number of amides is 1. The Morgan fingerprint density at radius 3 is 1.22 bits per heavy atom. The average Bonchev–Trinajstić information content (AvgIpc) is 3.38. The second kappa shape index (κ2) is 51.0. The number of aliphatic hydroxyl groups is 4. The van der Waals surface area contributed by atoms with E-state index >= 15 is 0 Å². The third-order valence-electron chi connectivity index (χ3n) is 15.0. The highest BCUT2D eigenvalue weighted by atomic mass is 32.3. The van der Waals surface area contributed by atoms with E-state index in [-0.39, 0.29) is 18.9 Å². The summed E-state index contributed by atoms with van der Waals surface area (Å²) < 4.78 is 47.9. The van der Waals surface area contributed by atoms with E-state index in [0.29, 0.717) is 6.42 Å². The summed E-state index contributed by atoms with van der Waals surface area (Å²) in [6, 6.07) is -0.943. The molecule has 1 saturated heterocycles. The van der Waals surface area contributed by atoms with Crippen LogP contribution in [0, 0.1) is 0 Å². The highest BCUT2D eigenvalue weighted by Crippen LogP contribution is 2.26. The van der Waals surface area contributed by atoms with Crippen LogP contribution in [0.15, 0.2) is 24.3 Å². The zero-order valence-electron chi connectivity index (χ0n) is 47.7. The van der Waals surface area contributed by atoms with Gasteiger partial charge in [0.25, 0.3) is 0 Å². The molecule has 6 N–H and O–H groups in total. The van der Waals surface area contributed by atoms with Gasteiger partial charge >= 0.3 is 10.4 Å². The largest absolute Gasteiger partial charge is 0.397 e. The summed E-state index contributed by atoms with van der Waals surface area (Å²) in [5, 5.41) is 45.0. The Labute approximate surface area is 454 Å². The molecule has 1 heterocycles. The fourth-order valence-electron chi connectivity index (χ4n) is 10.2. The van der Waals surface area contributed by atoms with E-state index in [1.54, 1.807) is 6.08 Å². The van der Waals surface area contributed by atoms with Gasteiger partial charge in [-0.05, 0) is 44.9 Å². The minimum absolute atomic E-state index is 0.258. The topological polar surface area (TPSA) is 192 Å². The highest BCUT2D eigenvalue weighted by molar-refractivity contribution is 7.80. The van der Waals surface area contributed by atoms with Crippen LogP contribution in [-0.2, 0) is 28.9 Å². The number of unbranched alkanes of at least 4 members (excludes halogenated alkanes) is 41. The number of carbonyl (C=O) groups is 1. The Balaban J connectivity index is 2.28. The van der Waals surface area contributed by atoms with E-state index < -0.39 is 59.9 Å². The zero-order chi connectivity index (χ0) is 54.0. The Morgan fingerprint density at radius 2 is 0.865 bits per heavy atom. The molecule has 0 aromatic carbocycles. The summed E-state index contributed by atoms with van der Waals surface area (Å²) in [7, 11) is -5.09. The quantitative estimate of drug-likeness (QED) is 0.0193. The number of hydrogen-bond acceptors (Lipinski definition) is 10. The first-order valence-electron chi connectivity index (χ1n) is 31.2. The third-order valence-corrected chi connectivity index (χ3v) is 15.4. The molecule has 0 aromatic rings. The van der Waals surface area contributed by atoms with Crippen LogP contribution in [0.5, 0.6) is 0 Å². The summed E-state index contributed by atoms with van der Waals surface area (Å²) in [5.41, 5.74) is 0. The molecule has 7 unspecified atom stereocenters. The molecule has 0 saturated carbocycles. The summed E-state index contributed by atoms with van der Waals surface area (Å²) in [6.07, 6.45) is 55.2. The number of carbonyl (C=O) groups excluding carboxylic acids is 1. The van der Waals surface area contributed by atoms with Gasteiger partial charge in [0, 0.05) is 6.42 Å². The first kappa shape index (κ1) is 70.6. The van der Waals surface area contributed by atoms with Gasteiger partial charge in [0.15, 0.2) is 6.29 Å². The van der Waals surface area contributed by atoms with E-state index in [0.717, 1.165) is 38.5 Å². The monoisotopic (exact) mass is 1070 g/mol. The van der Waals surface area contributed by atoms with Crippen LogP contribution in [-0.4, -0.2) is 95.4 Å². The maximum absolute atomic E-state index is 13.1. The normalized spacial score (nSPS) is 19.3. The van der Waals surface area contributed by atoms with Crippen molar-refractivity contribution in [2.75, 3.05) is 13.2 Å². The Morgan fingerprint density at radius 1 is 0.527 bits per heavy atom. The predicted octanol–water partition coefficient (Wildman–Crippen LogP) is 15.2. The van der Waals surface area contributed by atoms with Crippen molar-refractivity contribution in [3.8, 4) is 0 Å². The van der Waals surface area contributed by atoms with Crippen LogP contribution < -0.4 is 5.32 Å². The molecule has 0 spiro atoms. The fraction of sp³-hybridized carbons (Fsp3) is 0.918. The van der Waals surface area contributed by atoms with Crippen LogP contribution in [0.4, 0.5) is 0 Å². The lowest BCUT2D eigenvalue weighted by Crippen LogP contribution is -2.61. The molecule has 438 valence electrons. The van der Waals surface area contributed by atoms with Gasteiger partial charge in [0.1, 0.15) is 24.4 Å². The lowest BCUT2D eigenvalue weighted by atomic mass is 9.99. The van der Waals surface area contributed by atoms with Gasteiger partial charge in [-0.3, -0.25) is 9.35 Å². The maximum atomic E-state index is 13.1. The number of rotatable bonds is 55. The van der Waals surface area contributed by atoms with Crippen molar-refractivity contribution < 1.29 is 51.8 Å². The van der Waals surface area contributed by atoms with E-state index in [9.17, 15) is 38.2 Å². The highest BCUT2D eigenvalue weighted by Gasteiger charge is 2.48. The van der Waals surface area contributed by atoms with E-state index in [2.05, 4.69) is 35.5 Å². The van der Waals surface area contributed by atoms with Crippen LogP contribution in [0.1, 0.15) is 303 Å². The van der Waals surface area contributed by atoms with Crippen LogP contribution in [0.3, 0.4) is 0 Å². The summed E-state index contributed by atoms with van der Waals surface area (Å²) in [6.45, 7) is 3.44. The minimum atomic E-state index is -5.09. The zero-order valence-corrected chi connectivity index (χ0v) is 48.5. The van der Waals surface area contributed by atoms with Gasteiger partial charge in [-0.1, -0.05) is 276 Å². The minimum Gasteiger partial charge on any atom is -0.394 e. The molecule has 1 rings (SSSR count). The third kappa shape index (κ3) is 42.6. The van der Waals surface area contributed by atoms with Gasteiger partial charge in [0.2, 0.25) is 5.91 Å². The van der Waals surface area contributed by atoms with Crippen molar-refractivity contribution in [1.82, 2.24) is 5.32 Å². The molecule has 1 amide bonds. The summed E-state index contributed by atoms with van der Waals surface area (Å²) >= 11 is 0. The van der Waals surface area contributed by atoms with Gasteiger partial charge in [-0.25, -0.2) is 4.18 Å². The number of allylic oxidation sites excluding steroid dienone is 3. The average molecular weight is 1070 g/mol. The number of ether oxygens (including phenoxy) is 2. The van der Waals surface area contributed by atoms with Gasteiger partial charge < -0.3 is 35.2 Å². The van der Waals surface area contributed by atoms with Gasteiger partial charge in [-0.15, -0.1) is 0 Å². The van der Waals surface area contributed by atoms with E-state index in [1.165, 1.54) is 238 Å². The van der Waals surface area contributed by atoms with Crippen molar-refractivity contribution in [2.45, 2.75) is 346 Å². The van der Waals surface area contributed by atoms with Crippen LogP contribution >= 0.6 is 0 Å². The molecule has 0 radical (unpaired) electrons. The predicted molar refractivity (Wildman–Crippen MR) is 305 cm³/mol. The molecule has 74 heavy (non-hydrogen) atoms. The Bertz CT molecular complexity index is 1400. The van der Waals surface area contributed by atoms with Crippen molar-refractivity contribution in [3.63, 3.8) is 0 Å². The molecule has 1 aliphatic heterocycles. The second-order valence-electron chi connectivity index (χ2n) is 22.0. The fourth-order valence-corrected chi connectivity index (χ4v) is 10.7. The SMILES string of the molecule is CCCCCCCCCCCCCC/C=C\CCCCCCCCCCCCCCCCC(=O)NC(COC1OC(CO)C(O)C(OS(=O)(=O)O)C1O)C(O)/C=C/CCCCCCCCCCCCCCCCC. The molecule has 0 bridgehead atoms. The Hall–Kier alpha value is -1.42. The summed E-state index contributed by atoms with van der Waals surface area (Å²) in [5.74, 6) is -0.258. The van der Waals surface area contributed by atoms with E-state index in [1.807, 2.05) is 6.08 Å². The Kier molecular flexibility index (Phi) is 48.7. The van der Waals surface area contributed by atoms with Gasteiger partial charge in [-0.2, -0.15) is 8.42 Å². The first-order chi connectivity index (χ1) is 36.0. The smallest absolute Gasteiger partial charge is 0.394 e. The van der Waals surface area contributed by atoms with Crippen molar-refractivity contribution in [1.29, 1.82) is 0 Å². The lowest BCUT2D eigenvalue weighted by Gasteiger charge is -2.41. The standard InChI is InChI=1S/C61H117NO11S/c1-3-5-7-9-11-13-15-17-19-21-22-23-24-25-26-27-28-29-30-31-32-33-35-37-39-41-43-45-47-49-51-57(65)62-54(53-71-61-59(67)60(73-74(68,69)70)58(66)56(52-63)72-61)55(64)50-48-46-44-42-40-38-36-34-20-18-16-14-12-10-8-6-4-2/h25-26,48,50,54-56,58-61,63-64,66-67H,3-24,27-47,49,51-53H2,1-2H3,(H,62,65)(H,68,69,70)/b26-25-,50-48+. The second-order valence-corrected chi connectivity index (χ2v) is 23.0. The number of nitrogens with one attached hydrogen (secondary N) is 1. The first-order valence-corrected chi connectivity index (χ1v) is 32.6. The summed E-state index contributed by atoms with van der Waals surface area (Å²) in [4.78, 5) is 13.1. The van der Waals surface area contributed by atoms with Crippen molar-refractivity contribution in [3.05, 3.63) is 24.3 Å². The number of hydrogen-bond donors (Lipinski definition) is 6. The molecule has 0 aliphatic carbocycles. The maximum Gasteiger partial charge on any atom is 0.397 e. The molecule has 1 fully saturated rings. The molecule has 12 nitrogen and oxygen atoms in total. The molecular formula is C61H117NO11S. The van der Waals surface area contributed by atoms with Crippen LogP contribution in [0.25, 0.3) is 0 Å². The van der Waals surface area contributed by atoms with Crippen molar-refractivity contribution in [2.24, 2.45) is 0 Å². The van der Waals surface area contributed by atoms with Crippen LogP contribution in [0.2, 0.25) is 0 Å². The molecule has 7 atom stereocenters. The number of aliphatic hydroxyl groups excluding tert-OH is 4. The van der Waals surface area contributed by atoms with Gasteiger partial charge in [0.05, 0.1) is 25.4 Å². The molecule has 13 heteroatoms. The molecular weight excluding hydrogens is 955 g/mol. The van der Waals surface area contributed by atoms with E-state index in [4.69, 9.17) is 9.47 Å². The lowest BCUT2D eigenvalue weighted by molar-refractivity contribution is -0.298. The molecule has 1 aliphatic rings. The van der Waals surface area contributed by atoms with Crippen molar-refractivity contribution >= 4 is 16.3 Å². The molecule has 0 aromatic heterocycles.